The number of likely N-dealkylation sites (tertiary alicyclic amines) is 2. The SMILES string of the molecule is O=C(Nc1ccc(C(F)(F)F)cc1)N1CCC(N(C(=O)CCN2CCCC2)c2ccccc2)CC1. The molecule has 0 aromatic heterocycles. The second-order valence-electron chi connectivity index (χ2n) is 9.12. The van der Waals surface area contributed by atoms with E-state index in [1.54, 1.807) is 4.90 Å². The fourth-order valence-corrected chi connectivity index (χ4v) is 4.80. The highest BCUT2D eigenvalue weighted by Gasteiger charge is 2.32. The van der Waals surface area contributed by atoms with Gasteiger partial charge in [-0.3, -0.25) is 4.79 Å². The van der Waals surface area contributed by atoms with Crippen LogP contribution in [0.25, 0.3) is 0 Å². The molecule has 0 radical (unpaired) electrons. The Balaban J connectivity index is 1.35. The average molecular weight is 489 g/mol. The molecule has 188 valence electrons. The molecule has 1 N–H and O–H groups in total. The van der Waals surface area contributed by atoms with Crippen molar-refractivity contribution in [1.29, 1.82) is 0 Å². The Labute approximate surface area is 203 Å². The van der Waals surface area contributed by atoms with Gasteiger partial charge in [0, 0.05) is 43.5 Å². The lowest BCUT2D eigenvalue weighted by Gasteiger charge is -2.38. The Morgan fingerprint density at radius 3 is 2.14 bits per heavy atom. The van der Waals surface area contributed by atoms with E-state index in [4.69, 9.17) is 0 Å². The Bertz CT molecular complexity index is 984. The lowest BCUT2D eigenvalue weighted by Crippen LogP contribution is -2.50. The molecule has 4 rings (SSSR count). The summed E-state index contributed by atoms with van der Waals surface area (Å²) in [4.78, 5) is 31.8. The molecule has 2 heterocycles. The monoisotopic (exact) mass is 488 g/mol. The van der Waals surface area contributed by atoms with Crippen LogP contribution in [-0.4, -0.2) is 60.5 Å². The number of anilines is 2. The summed E-state index contributed by atoms with van der Waals surface area (Å²) < 4.78 is 38.3. The van der Waals surface area contributed by atoms with Gasteiger partial charge in [-0.05, 0) is 75.2 Å². The van der Waals surface area contributed by atoms with E-state index in [-0.39, 0.29) is 18.0 Å². The van der Waals surface area contributed by atoms with Gasteiger partial charge in [0.1, 0.15) is 0 Å². The number of halogens is 3. The molecule has 35 heavy (non-hydrogen) atoms. The van der Waals surface area contributed by atoms with E-state index < -0.39 is 11.7 Å². The maximum absolute atomic E-state index is 13.3. The second kappa shape index (κ2) is 11.1. The number of hydrogen-bond donors (Lipinski definition) is 1. The summed E-state index contributed by atoms with van der Waals surface area (Å²) in [5.74, 6) is 0.0933. The number of rotatable bonds is 6. The maximum atomic E-state index is 13.3. The Morgan fingerprint density at radius 2 is 1.54 bits per heavy atom. The van der Waals surface area contributed by atoms with E-state index in [0.29, 0.717) is 38.0 Å². The quantitative estimate of drug-likeness (QED) is 0.607. The Morgan fingerprint density at radius 1 is 0.914 bits per heavy atom. The number of piperidine rings is 1. The van der Waals surface area contributed by atoms with Crippen molar-refractivity contribution in [3.8, 4) is 0 Å². The zero-order chi connectivity index (χ0) is 24.8. The molecule has 0 saturated carbocycles. The number of nitrogens with one attached hydrogen (secondary N) is 1. The van der Waals surface area contributed by atoms with Gasteiger partial charge in [0.2, 0.25) is 5.91 Å². The average Bonchev–Trinajstić information content (AvgIpc) is 3.38. The molecule has 2 aliphatic heterocycles. The highest BCUT2D eigenvalue weighted by Crippen LogP contribution is 2.30. The predicted molar refractivity (Wildman–Crippen MR) is 129 cm³/mol. The zero-order valence-corrected chi connectivity index (χ0v) is 19.6. The third-order valence-corrected chi connectivity index (χ3v) is 6.72. The topological polar surface area (TPSA) is 55.9 Å². The van der Waals surface area contributed by atoms with E-state index >= 15 is 0 Å². The minimum absolute atomic E-state index is 0.0152. The van der Waals surface area contributed by atoms with Gasteiger partial charge >= 0.3 is 12.2 Å². The normalized spacial score (nSPS) is 17.4. The molecular formula is C26H31F3N4O2. The van der Waals surface area contributed by atoms with Gasteiger partial charge in [-0.1, -0.05) is 18.2 Å². The fraction of sp³-hybridized carbons (Fsp3) is 0.462. The van der Waals surface area contributed by atoms with Crippen molar-refractivity contribution in [2.75, 3.05) is 42.9 Å². The predicted octanol–water partition coefficient (Wildman–Crippen LogP) is 5.22. The molecule has 0 atom stereocenters. The first-order valence-electron chi connectivity index (χ1n) is 12.1. The molecule has 2 aromatic carbocycles. The zero-order valence-electron chi connectivity index (χ0n) is 19.6. The van der Waals surface area contributed by atoms with Crippen molar-refractivity contribution in [1.82, 2.24) is 9.80 Å². The number of alkyl halides is 3. The van der Waals surface area contributed by atoms with Gasteiger partial charge in [0.05, 0.1) is 5.56 Å². The minimum Gasteiger partial charge on any atom is -0.324 e. The summed E-state index contributed by atoms with van der Waals surface area (Å²) >= 11 is 0. The van der Waals surface area contributed by atoms with Crippen LogP contribution in [0.5, 0.6) is 0 Å². The molecule has 2 saturated heterocycles. The van der Waals surface area contributed by atoms with E-state index in [0.717, 1.165) is 37.5 Å². The van der Waals surface area contributed by atoms with Crippen molar-refractivity contribution in [3.63, 3.8) is 0 Å². The second-order valence-corrected chi connectivity index (χ2v) is 9.12. The number of carbonyl (C=O) groups is 2. The smallest absolute Gasteiger partial charge is 0.324 e. The van der Waals surface area contributed by atoms with Crippen LogP contribution < -0.4 is 10.2 Å². The number of hydrogen-bond acceptors (Lipinski definition) is 3. The molecular weight excluding hydrogens is 457 g/mol. The van der Waals surface area contributed by atoms with Crippen molar-refractivity contribution in [2.24, 2.45) is 0 Å². The van der Waals surface area contributed by atoms with Gasteiger partial charge in [-0.2, -0.15) is 13.2 Å². The van der Waals surface area contributed by atoms with Crippen LogP contribution in [0.15, 0.2) is 54.6 Å². The van der Waals surface area contributed by atoms with E-state index in [1.165, 1.54) is 25.0 Å². The summed E-state index contributed by atoms with van der Waals surface area (Å²) in [6.45, 7) is 3.77. The molecule has 9 heteroatoms. The number of urea groups is 1. The first-order chi connectivity index (χ1) is 16.8. The van der Waals surface area contributed by atoms with E-state index in [9.17, 15) is 22.8 Å². The molecule has 3 amide bonds. The Hall–Kier alpha value is -3.07. The van der Waals surface area contributed by atoms with Crippen LogP contribution in [0.1, 0.15) is 37.7 Å². The third kappa shape index (κ3) is 6.54. The van der Waals surface area contributed by atoms with E-state index in [1.807, 2.05) is 35.2 Å². The Kier molecular flexibility index (Phi) is 7.95. The molecule has 2 fully saturated rings. The molecule has 0 aliphatic carbocycles. The maximum Gasteiger partial charge on any atom is 0.416 e. The summed E-state index contributed by atoms with van der Waals surface area (Å²) in [5.41, 5.74) is 0.423. The summed E-state index contributed by atoms with van der Waals surface area (Å²) in [6.07, 6.45) is -0.326. The number of para-hydroxylation sites is 1. The van der Waals surface area contributed by atoms with Crippen molar-refractivity contribution < 1.29 is 22.8 Å². The highest BCUT2D eigenvalue weighted by atomic mass is 19.4. The number of amides is 3. The summed E-state index contributed by atoms with van der Waals surface area (Å²) in [6, 6.07) is 13.7. The first-order valence-corrected chi connectivity index (χ1v) is 12.1. The molecule has 0 spiro atoms. The van der Waals surface area contributed by atoms with Gasteiger partial charge in [-0.25, -0.2) is 4.79 Å². The van der Waals surface area contributed by atoms with Gasteiger partial charge in [0.25, 0.3) is 0 Å². The van der Waals surface area contributed by atoms with Crippen LogP contribution in [0, 0.1) is 0 Å². The lowest BCUT2D eigenvalue weighted by atomic mass is 10.0. The van der Waals surface area contributed by atoms with E-state index in [2.05, 4.69) is 10.2 Å². The lowest BCUT2D eigenvalue weighted by molar-refractivity contribution is -0.137. The fourth-order valence-electron chi connectivity index (χ4n) is 4.80. The van der Waals surface area contributed by atoms with Crippen molar-refractivity contribution in [2.45, 2.75) is 44.3 Å². The number of benzene rings is 2. The highest BCUT2D eigenvalue weighted by molar-refractivity contribution is 5.94. The number of carbonyl (C=O) groups excluding carboxylic acids is 2. The third-order valence-electron chi connectivity index (χ3n) is 6.72. The van der Waals surface area contributed by atoms with Crippen LogP contribution in [-0.2, 0) is 11.0 Å². The van der Waals surface area contributed by atoms with Crippen LogP contribution in [0.3, 0.4) is 0 Å². The number of nitrogens with zero attached hydrogens (tertiary/aromatic N) is 3. The van der Waals surface area contributed by atoms with Crippen molar-refractivity contribution in [3.05, 3.63) is 60.2 Å². The largest absolute Gasteiger partial charge is 0.416 e. The van der Waals surface area contributed by atoms with Gasteiger partial charge in [0.15, 0.2) is 0 Å². The van der Waals surface area contributed by atoms with Gasteiger partial charge in [-0.15, -0.1) is 0 Å². The standard InChI is InChI=1S/C26H31F3N4O2/c27-26(28,29)20-8-10-21(11-9-20)30-25(35)32-18-12-23(13-19-32)33(22-6-2-1-3-7-22)24(34)14-17-31-15-4-5-16-31/h1-3,6-11,23H,4-5,12-19H2,(H,30,35). The molecule has 0 bridgehead atoms. The molecule has 0 unspecified atom stereocenters. The first kappa shape index (κ1) is 25.0. The van der Waals surface area contributed by atoms with Crippen molar-refractivity contribution >= 4 is 23.3 Å². The van der Waals surface area contributed by atoms with Gasteiger partial charge < -0.3 is 20.0 Å². The summed E-state index contributed by atoms with van der Waals surface area (Å²) in [5, 5.41) is 2.67. The van der Waals surface area contributed by atoms with Crippen LogP contribution in [0.4, 0.5) is 29.3 Å². The van der Waals surface area contributed by atoms with Crippen LogP contribution in [0.2, 0.25) is 0 Å². The molecule has 6 nitrogen and oxygen atoms in total. The minimum atomic E-state index is -4.42. The summed E-state index contributed by atoms with van der Waals surface area (Å²) in [7, 11) is 0. The molecule has 2 aromatic rings. The van der Waals surface area contributed by atoms with Crippen LogP contribution >= 0.6 is 0 Å². The molecule has 2 aliphatic rings.